The molecule has 0 radical (unpaired) electrons. The lowest BCUT2D eigenvalue weighted by Gasteiger charge is -2.35. The van der Waals surface area contributed by atoms with Crippen LogP contribution in [0.25, 0.3) is 0 Å². The van der Waals surface area contributed by atoms with Crippen LogP contribution in [0.2, 0.25) is 0 Å². The van der Waals surface area contributed by atoms with Crippen molar-refractivity contribution in [2.75, 3.05) is 0 Å². The number of carbonyl (C=O) groups excluding carboxylic acids is 2. The van der Waals surface area contributed by atoms with Crippen LogP contribution >= 0.6 is 0 Å². The molecule has 0 aliphatic carbocycles. The molecule has 0 saturated carbocycles. The van der Waals surface area contributed by atoms with Crippen molar-refractivity contribution in [2.45, 2.75) is 12.3 Å². The minimum atomic E-state index is -0.725. The number of hydrogen-bond acceptors (Lipinski definition) is 5. The van der Waals surface area contributed by atoms with Crippen LogP contribution in [0.3, 0.4) is 0 Å². The third-order valence-electron chi connectivity index (χ3n) is 1.98. The maximum Gasteiger partial charge on any atom is 0.253 e. The van der Waals surface area contributed by atoms with Gasteiger partial charge >= 0.3 is 0 Å². The van der Waals surface area contributed by atoms with Crippen molar-refractivity contribution in [2.24, 2.45) is 10.7 Å². The van der Waals surface area contributed by atoms with Gasteiger partial charge in [0, 0.05) is 12.4 Å². The van der Waals surface area contributed by atoms with Crippen LogP contribution in [0.5, 0.6) is 0 Å². The summed E-state index contributed by atoms with van der Waals surface area (Å²) in [6.07, 6.45) is 2.77. The van der Waals surface area contributed by atoms with Gasteiger partial charge in [-0.3, -0.25) is 15.3 Å². The quantitative estimate of drug-likeness (QED) is 0.408. The Bertz CT molecular complexity index is 337. The van der Waals surface area contributed by atoms with Gasteiger partial charge in [0.25, 0.3) is 5.91 Å². The first-order valence-electron chi connectivity index (χ1n) is 4.02. The molecule has 7 nitrogen and oxygen atoms in total. The molecule has 1 fully saturated rings. The van der Waals surface area contributed by atoms with Gasteiger partial charge in [-0.05, 0) is 0 Å². The van der Waals surface area contributed by atoms with E-state index in [1.807, 2.05) is 0 Å². The van der Waals surface area contributed by atoms with Crippen LogP contribution in [-0.2, 0) is 9.59 Å². The Morgan fingerprint density at radius 2 is 2.36 bits per heavy atom. The highest BCUT2D eigenvalue weighted by Gasteiger charge is 2.36. The van der Waals surface area contributed by atoms with E-state index in [9.17, 15) is 9.59 Å². The standard InChI is InChI=1S/C7H9N5O2/c8-7-10-5-4(6(14)11-7)12(3-13)2-1-9-5/h1-4,7H,8H2,(H,9,10)(H,11,14). The van der Waals surface area contributed by atoms with Gasteiger partial charge in [-0.2, -0.15) is 0 Å². The van der Waals surface area contributed by atoms with Gasteiger partial charge in [-0.1, -0.05) is 0 Å². The van der Waals surface area contributed by atoms with E-state index >= 15 is 0 Å². The summed E-state index contributed by atoms with van der Waals surface area (Å²) in [6.45, 7) is 0. The predicted octanol–water partition coefficient (Wildman–Crippen LogP) is -2.34. The van der Waals surface area contributed by atoms with E-state index < -0.39 is 12.3 Å². The summed E-state index contributed by atoms with van der Waals surface area (Å²) in [6, 6.07) is -0.725. The molecular formula is C7H9N5O2. The van der Waals surface area contributed by atoms with E-state index in [-0.39, 0.29) is 5.91 Å². The molecule has 74 valence electrons. The van der Waals surface area contributed by atoms with Crippen molar-refractivity contribution in [1.29, 1.82) is 0 Å². The van der Waals surface area contributed by atoms with Crippen LogP contribution < -0.4 is 16.4 Å². The number of fused-ring (bicyclic) bond motifs is 1. The van der Waals surface area contributed by atoms with Gasteiger partial charge in [0.15, 0.2) is 12.3 Å². The van der Waals surface area contributed by atoms with Crippen molar-refractivity contribution < 1.29 is 9.59 Å². The number of hydrogen-bond donors (Lipinski definition) is 3. The SMILES string of the molecule is NC1NC(=O)C2C(=NC=CN2C=O)N1. The molecule has 0 aromatic rings. The first-order valence-corrected chi connectivity index (χ1v) is 4.02. The zero-order chi connectivity index (χ0) is 10.1. The Balaban J connectivity index is 2.30. The van der Waals surface area contributed by atoms with Gasteiger partial charge in [0.05, 0.1) is 0 Å². The van der Waals surface area contributed by atoms with Crippen molar-refractivity contribution >= 4 is 18.2 Å². The molecule has 4 N–H and O–H groups in total. The van der Waals surface area contributed by atoms with E-state index in [1.54, 1.807) is 0 Å². The summed E-state index contributed by atoms with van der Waals surface area (Å²) < 4.78 is 0. The van der Waals surface area contributed by atoms with Gasteiger partial charge in [0.1, 0.15) is 5.84 Å². The molecule has 0 aromatic carbocycles. The molecule has 7 heteroatoms. The minimum absolute atomic E-state index is 0.341. The predicted molar refractivity (Wildman–Crippen MR) is 47.5 cm³/mol. The maximum atomic E-state index is 11.5. The lowest BCUT2D eigenvalue weighted by molar-refractivity contribution is -0.130. The lowest BCUT2D eigenvalue weighted by Crippen LogP contribution is -2.68. The molecule has 2 unspecified atom stereocenters. The normalized spacial score (nSPS) is 29.9. The molecule has 1 saturated heterocycles. The largest absolute Gasteiger partial charge is 0.339 e. The first kappa shape index (κ1) is 8.70. The Kier molecular flexibility index (Phi) is 1.93. The number of nitrogens with zero attached hydrogens (tertiary/aromatic N) is 2. The van der Waals surface area contributed by atoms with Crippen molar-refractivity contribution in [3.8, 4) is 0 Å². The molecule has 2 heterocycles. The van der Waals surface area contributed by atoms with E-state index in [1.165, 1.54) is 17.3 Å². The molecule has 2 aliphatic rings. The third kappa shape index (κ3) is 1.23. The van der Waals surface area contributed by atoms with Crippen molar-refractivity contribution in [3.63, 3.8) is 0 Å². The van der Waals surface area contributed by atoms with E-state index in [0.717, 1.165) is 0 Å². The zero-order valence-electron chi connectivity index (χ0n) is 7.18. The summed E-state index contributed by atoms with van der Waals surface area (Å²) in [5.41, 5.74) is 5.46. The number of rotatable bonds is 1. The summed E-state index contributed by atoms with van der Waals surface area (Å²) in [4.78, 5) is 27.2. The molecule has 2 amide bonds. The summed E-state index contributed by atoms with van der Waals surface area (Å²) in [5.74, 6) is 0.0438. The van der Waals surface area contributed by atoms with Gasteiger partial charge < -0.3 is 15.5 Å². The topological polar surface area (TPSA) is 99.8 Å². The van der Waals surface area contributed by atoms with E-state index in [4.69, 9.17) is 5.73 Å². The van der Waals surface area contributed by atoms with Gasteiger partial charge in [0.2, 0.25) is 6.41 Å². The average Bonchev–Trinajstić information content (AvgIpc) is 2.16. The molecule has 2 atom stereocenters. The second-order valence-electron chi connectivity index (χ2n) is 2.90. The fourth-order valence-electron chi connectivity index (χ4n) is 1.39. The Morgan fingerprint density at radius 1 is 1.57 bits per heavy atom. The molecule has 0 spiro atoms. The highest BCUT2D eigenvalue weighted by molar-refractivity contribution is 6.10. The van der Waals surface area contributed by atoms with Gasteiger partial charge in [-0.25, -0.2) is 4.99 Å². The molecule has 2 aliphatic heterocycles. The van der Waals surface area contributed by atoms with Crippen LogP contribution in [0.1, 0.15) is 0 Å². The second kappa shape index (κ2) is 3.11. The van der Waals surface area contributed by atoms with Crippen LogP contribution in [0.4, 0.5) is 0 Å². The van der Waals surface area contributed by atoms with Crippen LogP contribution in [-0.4, -0.2) is 35.4 Å². The van der Waals surface area contributed by atoms with Crippen LogP contribution in [0, 0.1) is 0 Å². The number of aliphatic imine (C=N–C) groups is 1. The fraction of sp³-hybridized carbons (Fsp3) is 0.286. The number of amides is 2. The monoisotopic (exact) mass is 195 g/mol. The second-order valence-corrected chi connectivity index (χ2v) is 2.90. The highest BCUT2D eigenvalue weighted by atomic mass is 16.2. The van der Waals surface area contributed by atoms with Crippen molar-refractivity contribution in [3.05, 3.63) is 12.4 Å². The molecule has 14 heavy (non-hydrogen) atoms. The summed E-state index contributed by atoms with van der Waals surface area (Å²) >= 11 is 0. The smallest absolute Gasteiger partial charge is 0.253 e. The highest BCUT2D eigenvalue weighted by Crippen LogP contribution is 2.08. The number of nitrogens with one attached hydrogen (secondary N) is 2. The average molecular weight is 195 g/mol. The molecular weight excluding hydrogens is 186 g/mol. The van der Waals surface area contributed by atoms with Crippen LogP contribution in [0.15, 0.2) is 17.4 Å². The summed E-state index contributed by atoms with van der Waals surface area (Å²) in [7, 11) is 0. The summed E-state index contributed by atoms with van der Waals surface area (Å²) in [5, 5.41) is 5.21. The van der Waals surface area contributed by atoms with Gasteiger partial charge in [-0.15, -0.1) is 0 Å². The lowest BCUT2D eigenvalue weighted by atomic mass is 10.1. The Hall–Kier alpha value is -1.89. The van der Waals surface area contributed by atoms with Crippen molar-refractivity contribution in [1.82, 2.24) is 15.5 Å². The van der Waals surface area contributed by atoms with E-state index in [0.29, 0.717) is 12.2 Å². The van der Waals surface area contributed by atoms with E-state index in [2.05, 4.69) is 15.6 Å². The number of carbonyl (C=O) groups is 2. The number of amidine groups is 1. The maximum absolute atomic E-state index is 11.5. The Labute approximate surface area is 79.6 Å². The molecule has 2 rings (SSSR count). The first-order chi connectivity index (χ1) is 6.72. The fourth-order valence-corrected chi connectivity index (χ4v) is 1.39. The number of nitrogens with two attached hydrogens (primary N) is 1. The molecule has 0 aromatic heterocycles. The Morgan fingerprint density at radius 3 is 3.07 bits per heavy atom. The zero-order valence-corrected chi connectivity index (χ0v) is 7.18. The third-order valence-corrected chi connectivity index (χ3v) is 1.98. The molecule has 0 bridgehead atoms. The minimum Gasteiger partial charge on any atom is -0.339 e.